The Labute approximate surface area is 154 Å². The van der Waals surface area contributed by atoms with Gasteiger partial charge < -0.3 is 4.90 Å². The molecule has 0 aliphatic carbocycles. The molecule has 5 heteroatoms. The van der Waals surface area contributed by atoms with Gasteiger partial charge in [0.05, 0.1) is 17.1 Å². The SMILES string of the molecule is Cc1ccc(-c2cccc(-c3ccn(CC4CCCN(C)C4)n3)c2)nn1. The van der Waals surface area contributed by atoms with Gasteiger partial charge in [0, 0.05) is 30.4 Å². The van der Waals surface area contributed by atoms with Gasteiger partial charge >= 0.3 is 0 Å². The highest BCUT2D eigenvalue weighted by atomic mass is 15.3. The van der Waals surface area contributed by atoms with Crippen molar-refractivity contribution in [3.63, 3.8) is 0 Å². The standard InChI is InChI=1S/C21H25N5/c1-16-8-9-20(23-22-16)18-6-3-7-19(13-18)21-10-12-26(24-21)15-17-5-4-11-25(2)14-17/h3,6-10,12-13,17H,4-5,11,14-15H2,1-2H3. The molecule has 0 saturated carbocycles. The van der Waals surface area contributed by atoms with Crippen molar-refractivity contribution in [1.29, 1.82) is 0 Å². The molecule has 1 atom stereocenters. The Kier molecular flexibility index (Phi) is 4.80. The molecule has 0 amide bonds. The van der Waals surface area contributed by atoms with Gasteiger partial charge in [0.15, 0.2) is 0 Å². The van der Waals surface area contributed by atoms with Crippen LogP contribution in [0.1, 0.15) is 18.5 Å². The second-order valence-electron chi connectivity index (χ2n) is 7.33. The highest BCUT2D eigenvalue weighted by Crippen LogP contribution is 2.24. The highest BCUT2D eigenvalue weighted by molar-refractivity contribution is 5.68. The summed E-state index contributed by atoms with van der Waals surface area (Å²) < 4.78 is 2.09. The Balaban J connectivity index is 1.52. The number of nitrogens with zero attached hydrogens (tertiary/aromatic N) is 5. The quantitative estimate of drug-likeness (QED) is 0.723. The first-order valence-electron chi connectivity index (χ1n) is 9.30. The minimum absolute atomic E-state index is 0.690. The molecule has 1 unspecified atom stereocenters. The van der Waals surface area contributed by atoms with Crippen molar-refractivity contribution in [3.05, 3.63) is 54.4 Å². The summed E-state index contributed by atoms with van der Waals surface area (Å²) in [4.78, 5) is 2.42. The zero-order valence-corrected chi connectivity index (χ0v) is 15.5. The van der Waals surface area contributed by atoms with E-state index in [1.54, 1.807) is 0 Å². The van der Waals surface area contributed by atoms with Gasteiger partial charge in [-0.1, -0.05) is 18.2 Å². The molecule has 5 nitrogen and oxygen atoms in total. The molecule has 1 aliphatic heterocycles. The number of benzene rings is 1. The van der Waals surface area contributed by atoms with Gasteiger partial charge in [-0.05, 0) is 63.5 Å². The lowest BCUT2D eigenvalue weighted by Gasteiger charge is -2.29. The highest BCUT2D eigenvalue weighted by Gasteiger charge is 2.18. The van der Waals surface area contributed by atoms with Gasteiger partial charge in [0.2, 0.25) is 0 Å². The summed E-state index contributed by atoms with van der Waals surface area (Å²) in [6.45, 7) is 5.32. The average molecular weight is 347 g/mol. The Morgan fingerprint density at radius 2 is 1.88 bits per heavy atom. The molecular formula is C21H25N5. The molecule has 3 aromatic rings. The fourth-order valence-electron chi connectivity index (χ4n) is 3.69. The van der Waals surface area contributed by atoms with E-state index in [-0.39, 0.29) is 0 Å². The number of aromatic nitrogens is 4. The lowest BCUT2D eigenvalue weighted by Crippen LogP contribution is -2.34. The Hall–Kier alpha value is -2.53. The summed E-state index contributed by atoms with van der Waals surface area (Å²) in [5.74, 6) is 0.690. The Bertz CT molecular complexity index is 868. The number of hydrogen-bond donors (Lipinski definition) is 0. The molecule has 134 valence electrons. The van der Waals surface area contributed by atoms with E-state index in [0.29, 0.717) is 5.92 Å². The smallest absolute Gasteiger partial charge is 0.0930 e. The van der Waals surface area contributed by atoms with E-state index in [4.69, 9.17) is 5.10 Å². The minimum atomic E-state index is 0.690. The van der Waals surface area contributed by atoms with Crippen molar-refractivity contribution < 1.29 is 0 Å². The third kappa shape index (κ3) is 3.83. The van der Waals surface area contributed by atoms with Crippen molar-refractivity contribution in [2.24, 2.45) is 5.92 Å². The van der Waals surface area contributed by atoms with E-state index in [1.165, 1.54) is 19.4 Å². The van der Waals surface area contributed by atoms with Crippen LogP contribution >= 0.6 is 0 Å². The maximum absolute atomic E-state index is 4.81. The van der Waals surface area contributed by atoms with E-state index in [2.05, 4.69) is 63.4 Å². The Morgan fingerprint density at radius 3 is 2.65 bits per heavy atom. The molecule has 1 fully saturated rings. The van der Waals surface area contributed by atoms with Crippen molar-refractivity contribution in [3.8, 4) is 22.5 Å². The molecule has 1 aromatic carbocycles. The van der Waals surface area contributed by atoms with Crippen LogP contribution in [0.4, 0.5) is 0 Å². The van der Waals surface area contributed by atoms with E-state index in [9.17, 15) is 0 Å². The number of likely N-dealkylation sites (tertiary alicyclic amines) is 1. The zero-order chi connectivity index (χ0) is 17.9. The van der Waals surface area contributed by atoms with E-state index >= 15 is 0 Å². The normalized spacial score (nSPS) is 18.2. The van der Waals surface area contributed by atoms with Crippen LogP contribution in [0.2, 0.25) is 0 Å². The van der Waals surface area contributed by atoms with Crippen molar-refractivity contribution in [2.45, 2.75) is 26.3 Å². The first-order valence-corrected chi connectivity index (χ1v) is 9.30. The molecule has 26 heavy (non-hydrogen) atoms. The van der Waals surface area contributed by atoms with Crippen LogP contribution < -0.4 is 0 Å². The first kappa shape index (κ1) is 16.9. The predicted octanol–water partition coefficient (Wildman–Crippen LogP) is 3.66. The third-order valence-electron chi connectivity index (χ3n) is 5.06. The summed E-state index contributed by atoms with van der Waals surface area (Å²) in [6.07, 6.45) is 4.68. The van der Waals surface area contributed by atoms with Gasteiger partial charge in [-0.2, -0.15) is 15.3 Å². The van der Waals surface area contributed by atoms with Gasteiger partial charge in [-0.3, -0.25) is 4.68 Å². The van der Waals surface area contributed by atoms with Crippen LogP contribution in [0.25, 0.3) is 22.5 Å². The maximum Gasteiger partial charge on any atom is 0.0930 e. The molecule has 1 saturated heterocycles. The molecule has 0 radical (unpaired) electrons. The largest absolute Gasteiger partial charge is 0.306 e. The zero-order valence-electron chi connectivity index (χ0n) is 15.5. The van der Waals surface area contributed by atoms with Gasteiger partial charge in [0.25, 0.3) is 0 Å². The second-order valence-corrected chi connectivity index (χ2v) is 7.33. The fraction of sp³-hybridized carbons (Fsp3) is 0.381. The molecular weight excluding hydrogens is 322 g/mol. The average Bonchev–Trinajstić information content (AvgIpc) is 3.11. The maximum atomic E-state index is 4.81. The minimum Gasteiger partial charge on any atom is -0.306 e. The van der Waals surface area contributed by atoms with Crippen LogP contribution in [0, 0.1) is 12.8 Å². The molecule has 1 aliphatic rings. The number of rotatable bonds is 4. The molecule has 3 heterocycles. The lowest BCUT2D eigenvalue weighted by molar-refractivity contribution is 0.191. The van der Waals surface area contributed by atoms with E-state index in [0.717, 1.165) is 41.3 Å². The summed E-state index contributed by atoms with van der Waals surface area (Å²) >= 11 is 0. The van der Waals surface area contributed by atoms with Crippen LogP contribution in [-0.4, -0.2) is 45.0 Å². The molecule has 0 spiro atoms. The van der Waals surface area contributed by atoms with Crippen LogP contribution in [-0.2, 0) is 6.54 Å². The lowest BCUT2D eigenvalue weighted by atomic mass is 9.99. The van der Waals surface area contributed by atoms with E-state index in [1.807, 2.05) is 19.1 Å². The topological polar surface area (TPSA) is 46.8 Å². The first-order chi connectivity index (χ1) is 12.7. The summed E-state index contributed by atoms with van der Waals surface area (Å²) in [7, 11) is 2.21. The van der Waals surface area contributed by atoms with Crippen molar-refractivity contribution >= 4 is 0 Å². The summed E-state index contributed by atoms with van der Waals surface area (Å²) in [6, 6.07) is 14.5. The molecule has 0 N–H and O–H groups in total. The third-order valence-corrected chi connectivity index (χ3v) is 5.06. The monoisotopic (exact) mass is 347 g/mol. The number of aryl methyl sites for hydroxylation is 1. The summed E-state index contributed by atoms with van der Waals surface area (Å²) in [5, 5.41) is 13.3. The molecule has 2 aromatic heterocycles. The van der Waals surface area contributed by atoms with Gasteiger partial charge in [-0.25, -0.2) is 0 Å². The fourth-order valence-corrected chi connectivity index (χ4v) is 3.69. The van der Waals surface area contributed by atoms with Crippen LogP contribution in [0.3, 0.4) is 0 Å². The van der Waals surface area contributed by atoms with Crippen LogP contribution in [0.5, 0.6) is 0 Å². The van der Waals surface area contributed by atoms with E-state index < -0.39 is 0 Å². The number of hydrogen-bond acceptors (Lipinski definition) is 4. The van der Waals surface area contributed by atoms with Gasteiger partial charge in [0.1, 0.15) is 0 Å². The van der Waals surface area contributed by atoms with Crippen molar-refractivity contribution in [1.82, 2.24) is 24.9 Å². The molecule has 0 bridgehead atoms. The summed E-state index contributed by atoms with van der Waals surface area (Å²) in [5.41, 5.74) is 5.01. The van der Waals surface area contributed by atoms with Gasteiger partial charge in [-0.15, -0.1) is 0 Å². The van der Waals surface area contributed by atoms with Crippen LogP contribution in [0.15, 0.2) is 48.7 Å². The number of piperidine rings is 1. The molecule has 4 rings (SSSR count). The van der Waals surface area contributed by atoms with Crippen molar-refractivity contribution in [2.75, 3.05) is 20.1 Å². The predicted molar refractivity (Wildman–Crippen MR) is 104 cm³/mol. The second kappa shape index (κ2) is 7.38. The Morgan fingerprint density at radius 1 is 1.04 bits per heavy atom.